The van der Waals surface area contributed by atoms with Gasteiger partial charge in [-0.2, -0.15) is 0 Å². The fourth-order valence-electron chi connectivity index (χ4n) is 3.36. The predicted molar refractivity (Wildman–Crippen MR) is 116 cm³/mol. The van der Waals surface area contributed by atoms with Gasteiger partial charge in [0.2, 0.25) is 10.0 Å². The molecule has 0 amide bonds. The fourth-order valence-corrected chi connectivity index (χ4v) is 4.29. The summed E-state index contributed by atoms with van der Waals surface area (Å²) in [5.74, 6) is 0.183. The molecule has 3 aromatic rings. The minimum Gasteiger partial charge on any atom is -0.454 e. The van der Waals surface area contributed by atoms with Crippen molar-refractivity contribution < 1.29 is 17.9 Å². The van der Waals surface area contributed by atoms with E-state index < -0.39 is 16.0 Å². The Labute approximate surface area is 177 Å². The third kappa shape index (κ3) is 4.24. The van der Waals surface area contributed by atoms with Gasteiger partial charge in [0.1, 0.15) is 12.4 Å². The van der Waals surface area contributed by atoms with Crippen molar-refractivity contribution >= 4 is 27.0 Å². The van der Waals surface area contributed by atoms with Crippen LogP contribution in [0.2, 0.25) is 0 Å². The van der Waals surface area contributed by atoms with Crippen LogP contribution in [0.4, 0.5) is 0 Å². The number of hydrogen-bond donors (Lipinski definition) is 0. The van der Waals surface area contributed by atoms with Crippen LogP contribution in [-0.4, -0.2) is 42.3 Å². The minimum atomic E-state index is -3.56. The molecule has 0 saturated heterocycles. The van der Waals surface area contributed by atoms with E-state index >= 15 is 0 Å². The molecule has 2 aromatic carbocycles. The number of hydrogen-bond acceptors (Lipinski definition) is 5. The highest BCUT2D eigenvalue weighted by Crippen LogP contribution is 2.23. The Morgan fingerprint density at radius 2 is 1.87 bits per heavy atom. The van der Waals surface area contributed by atoms with Crippen molar-refractivity contribution in [3.8, 4) is 0 Å². The van der Waals surface area contributed by atoms with Crippen LogP contribution in [0.1, 0.15) is 40.7 Å². The number of aryl methyl sites for hydroxylation is 3. The number of ether oxygens (including phenoxy) is 1. The molecule has 0 atom stereocenters. The molecule has 160 valence electrons. The van der Waals surface area contributed by atoms with Crippen LogP contribution in [0.25, 0.3) is 11.0 Å². The largest absolute Gasteiger partial charge is 0.454 e. The quantitative estimate of drug-likeness (QED) is 0.535. The van der Waals surface area contributed by atoms with Gasteiger partial charge in [0.05, 0.1) is 21.5 Å². The third-order valence-corrected chi connectivity index (χ3v) is 6.77. The van der Waals surface area contributed by atoms with Crippen molar-refractivity contribution in [1.29, 1.82) is 0 Å². The van der Waals surface area contributed by atoms with E-state index in [1.54, 1.807) is 24.3 Å². The first-order valence-corrected chi connectivity index (χ1v) is 11.2. The number of imidazole rings is 1. The summed E-state index contributed by atoms with van der Waals surface area (Å²) in [6.07, 6.45) is 0.862. The Balaban J connectivity index is 1.92. The third-order valence-electron chi connectivity index (χ3n) is 4.96. The summed E-state index contributed by atoms with van der Waals surface area (Å²) in [4.78, 5) is 17.3. The Kier molecular flexibility index (Phi) is 6.28. The number of esters is 1. The fraction of sp³-hybridized carbons (Fsp3) is 0.364. The predicted octanol–water partition coefficient (Wildman–Crippen LogP) is 3.67. The Morgan fingerprint density at radius 1 is 1.13 bits per heavy atom. The Hall–Kier alpha value is -2.71. The summed E-state index contributed by atoms with van der Waals surface area (Å²) in [7, 11) is -0.569. The van der Waals surface area contributed by atoms with Crippen molar-refractivity contribution in [2.45, 2.75) is 45.2 Å². The average molecular weight is 430 g/mol. The van der Waals surface area contributed by atoms with Gasteiger partial charge in [-0.25, -0.2) is 22.5 Å². The lowest BCUT2D eigenvalue weighted by molar-refractivity contribution is 0.0457. The first-order chi connectivity index (χ1) is 14.1. The van der Waals surface area contributed by atoms with E-state index in [2.05, 4.69) is 4.98 Å². The number of fused-ring (bicyclic) bond motifs is 1. The zero-order valence-electron chi connectivity index (χ0n) is 18.0. The van der Waals surface area contributed by atoms with Crippen LogP contribution in [0.5, 0.6) is 0 Å². The molecule has 0 unspecified atom stereocenters. The number of rotatable bonds is 7. The number of benzene rings is 2. The molecule has 30 heavy (non-hydrogen) atoms. The van der Waals surface area contributed by atoms with E-state index in [9.17, 15) is 13.2 Å². The highest BCUT2D eigenvalue weighted by Gasteiger charge is 2.20. The van der Waals surface area contributed by atoms with Crippen molar-refractivity contribution in [1.82, 2.24) is 13.9 Å². The molecule has 0 saturated carbocycles. The molecule has 0 aliphatic carbocycles. The number of carbonyl (C=O) groups is 1. The molecule has 0 N–H and O–H groups in total. The number of nitrogens with zero attached hydrogens (tertiary/aromatic N) is 3. The maximum atomic E-state index is 12.6. The average Bonchev–Trinajstić information content (AvgIpc) is 3.03. The molecule has 0 radical (unpaired) electrons. The van der Waals surface area contributed by atoms with E-state index in [4.69, 9.17) is 4.74 Å². The Bertz CT molecular complexity index is 1200. The molecular weight excluding hydrogens is 402 g/mol. The summed E-state index contributed by atoms with van der Waals surface area (Å²) in [6.45, 7) is 6.59. The molecule has 1 heterocycles. The number of aromatic nitrogens is 2. The molecule has 3 rings (SSSR count). The molecule has 0 aliphatic heterocycles. The lowest BCUT2D eigenvalue weighted by atomic mass is 10.1. The van der Waals surface area contributed by atoms with Gasteiger partial charge in [-0.15, -0.1) is 0 Å². The maximum Gasteiger partial charge on any atom is 0.338 e. The van der Waals surface area contributed by atoms with Gasteiger partial charge >= 0.3 is 5.97 Å². The van der Waals surface area contributed by atoms with Gasteiger partial charge in [0.25, 0.3) is 0 Å². The molecule has 0 fully saturated rings. The van der Waals surface area contributed by atoms with Crippen LogP contribution < -0.4 is 0 Å². The van der Waals surface area contributed by atoms with Gasteiger partial charge in [-0.1, -0.05) is 24.6 Å². The normalized spacial score (nSPS) is 11.9. The lowest BCUT2D eigenvalue weighted by Gasteiger charge is -2.11. The lowest BCUT2D eigenvalue weighted by Crippen LogP contribution is -2.22. The number of sulfonamides is 1. The smallest absolute Gasteiger partial charge is 0.338 e. The Morgan fingerprint density at radius 3 is 2.50 bits per heavy atom. The van der Waals surface area contributed by atoms with Gasteiger partial charge in [0.15, 0.2) is 0 Å². The molecule has 8 heteroatoms. The molecular formula is C22H27N3O4S. The zero-order chi connectivity index (χ0) is 22.1. The first kappa shape index (κ1) is 22.0. The summed E-state index contributed by atoms with van der Waals surface area (Å²) >= 11 is 0. The minimum absolute atomic E-state index is 0.0105. The first-order valence-electron chi connectivity index (χ1n) is 9.81. The van der Waals surface area contributed by atoms with E-state index in [1.165, 1.54) is 18.4 Å². The van der Waals surface area contributed by atoms with Gasteiger partial charge in [0, 0.05) is 20.6 Å². The summed E-state index contributed by atoms with van der Waals surface area (Å²) in [6, 6.07) is 10.5. The van der Waals surface area contributed by atoms with Crippen LogP contribution >= 0.6 is 0 Å². The van der Waals surface area contributed by atoms with Crippen molar-refractivity contribution in [2.75, 3.05) is 14.1 Å². The van der Waals surface area contributed by atoms with Crippen LogP contribution in [0.15, 0.2) is 41.3 Å². The highest BCUT2D eigenvalue weighted by molar-refractivity contribution is 7.89. The topological polar surface area (TPSA) is 81.5 Å². The number of carbonyl (C=O) groups excluding carboxylic acids is 1. The molecule has 7 nitrogen and oxygen atoms in total. The van der Waals surface area contributed by atoms with Gasteiger partial charge < -0.3 is 9.30 Å². The standard InChI is InChI=1S/C22H27N3O4S/c1-6-11-25-20-10-8-17(30(27,28)24(4)5)13-19(20)23-21(25)14-29-22(26)18-9-7-15(2)12-16(18)3/h7-10,12-13H,6,11,14H2,1-5H3. The second kappa shape index (κ2) is 8.57. The molecule has 0 bridgehead atoms. The maximum absolute atomic E-state index is 12.6. The van der Waals surface area contributed by atoms with E-state index in [0.29, 0.717) is 23.4 Å². The van der Waals surface area contributed by atoms with Crippen LogP contribution in [0.3, 0.4) is 0 Å². The molecule has 1 aromatic heterocycles. The van der Waals surface area contributed by atoms with E-state index in [0.717, 1.165) is 23.1 Å². The summed E-state index contributed by atoms with van der Waals surface area (Å²) in [5.41, 5.74) is 3.84. The monoisotopic (exact) mass is 429 g/mol. The summed E-state index contributed by atoms with van der Waals surface area (Å²) < 4.78 is 33.6. The molecule has 0 aliphatic rings. The van der Waals surface area contributed by atoms with Gasteiger partial charge in [-0.3, -0.25) is 0 Å². The van der Waals surface area contributed by atoms with Crippen molar-refractivity contribution in [2.24, 2.45) is 0 Å². The van der Waals surface area contributed by atoms with E-state index in [1.807, 2.05) is 37.5 Å². The second-order valence-electron chi connectivity index (χ2n) is 7.51. The zero-order valence-corrected chi connectivity index (χ0v) is 18.8. The summed E-state index contributed by atoms with van der Waals surface area (Å²) in [5, 5.41) is 0. The van der Waals surface area contributed by atoms with Crippen molar-refractivity contribution in [3.05, 3.63) is 58.9 Å². The second-order valence-corrected chi connectivity index (χ2v) is 9.66. The van der Waals surface area contributed by atoms with E-state index in [-0.39, 0.29) is 11.5 Å². The van der Waals surface area contributed by atoms with Crippen LogP contribution in [-0.2, 0) is 27.9 Å². The van der Waals surface area contributed by atoms with Crippen LogP contribution in [0, 0.1) is 13.8 Å². The highest BCUT2D eigenvalue weighted by atomic mass is 32.2. The molecule has 0 spiro atoms. The van der Waals surface area contributed by atoms with Gasteiger partial charge in [-0.05, 0) is 50.1 Å². The van der Waals surface area contributed by atoms with Crippen molar-refractivity contribution in [3.63, 3.8) is 0 Å². The SMILES string of the molecule is CCCn1c(COC(=O)c2ccc(C)cc2C)nc2cc(S(=O)(=O)N(C)C)ccc21.